The summed E-state index contributed by atoms with van der Waals surface area (Å²) in [7, 11) is 0. The normalized spacial score (nSPS) is 11.3. The van der Waals surface area contributed by atoms with Crippen molar-refractivity contribution in [3.63, 3.8) is 0 Å². The highest BCUT2D eigenvalue weighted by Crippen LogP contribution is 2.19. The second-order valence-corrected chi connectivity index (χ2v) is 3.31. The Bertz CT molecular complexity index is 430. The highest BCUT2D eigenvalue weighted by atomic mass is 15.1. The van der Waals surface area contributed by atoms with E-state index in [9.17, 15) is 0 Å². The van der Waals surface area contributed by atoms with Gasteiger partial charge in [-0.1, -0.05) is 0 Å². The lowest BCUT2D eigenvalue weighted by atomic mass is 10.3. The molecular weight excluding hydrogens is 164 g/mol. The molecule has 0 unspecified atom stereocenters. The van der Waals surface area contributed by atoms with Gasteiger partial charge in [-0.15, -0.1) is 0 Å². The van der Waals surface area contributed by atoms with Crippen molar-refractivity contribution in [3.8, 4) is 0 Å². The summed E-state index contributed by atoms with van der Waals surface area (Å²) < 4.78 is 2.08. The summed E-state index contributed by atoms with van der Waals surface area (Å²) in [6.45, 7) is 4.22. The molecule has 0 saturated carbocycles. The van der Waals surface area contributed by atoms with Crippen LogP contribution in [0.3, 0.4) is 0 Å². The number of pyridine rings is 1. The van der Waals surface area contributed by atoms with E-state index < -0.39 is 0 Å². The number of rotatable bonds is 1. The summed E-state index contributed by atoms with van der Waals surface area (Å²) >= 11 is 0. The van der Waals surface area contributed by atoms with Crippen LogP contribution in [-0.4, -0.2) is 14.5 Å². The standard InChI is InChI=1S/C9H12N4/c1-6(2)13-5-12-8-7(13)3-4-11-9(8)10/h3-6H,1-2H3,(H2,10,11). The molecule has 0 amide bonds. The topological polar surface area (TPSA) is 56.7 Å². The Balaban J connectivity index is 2.75. The van der Waals surface area contributed by atoms with Crippen LogP contribution in [0.1, 0.15) is 19.9 Å². The average molecular weight is 176 g/mol. The van der Waals surface area contributed by atoms with E-state index in [-0.39, 0.29) is 0 Å². The Hall–Kier alpha value is -1.58. The van der Waals surface area contributed by atoms with Gasteiger partial charge < -0.3 is 10.3 Å². The molecule has 2 rings (SSSR count). The second kappa shape index (κ2) is 2.73. The van der Waals surface area contributed by atoms with Crippen LogP contribution in [0.2, 0.25) is 0 Å². The third kappa shape index (κ3) is 1.14. The van der Waals surface area contributed by atoms with Crippen molar-refractivity contribution in [2.75, 3.05) is 5.73 Å². The van der Waals surface area contributed by atoms with Gasteiger partial charge in [-0.3, -0.25) is 0 Å². The van der Waals surface area contributed by atoms with E-state index in [1.807, 2.05) is 6.07 Å². The lowest BCUT2D eigenvalue weighted by Gasteiger charge is -2.07. The van der Waals surface area contributed by atoms with Crippen LogP contribution in [0.25, 0.3) is 11.0 Å². The number of anilines is 1. The number of fused-ring (bicyclic) bond motifs is 1. The number of imidazole rings is 1. The molecule has 4 nitrogen and oxygen atoms in total. The molecule has 2 aromatic rings. The van der Waals surface area contributed by atoms with Gasteiger partial charge in [-0.25, -0.2) is 9.97 Å². The number of aromatic nitrogens is 3. The minimum atomic E-state index is 0.395. The van der Waals surface area contributed by atoms with Crippen LogP contribution in [-0.2, 0) is 0 Å². The number of hydrogen-bond acceptors (Lipinski definition) is 3. The molecule has 0 spiro atoms. The summed E-state index contributed by atoms with van der Waals surface area (Å²) in [6, 6.07) is 2.32. The van der Waals surface area contributed by atoms with Crippen molar-refractivity contribution >= 4 is 16.9 Å². The van der Waals surface area contributed by atoms with Crippen LogP contribution in [0.15, 0.2) is 18.6 Å². The third-order valence-corrected chi connectivity index (χ3v) is 2.08. The Labute approximate surface area is 76.4 Å². The van der Waals surface area contributed by atoms with Crippen LogP contribution in [0, 0.1) is 0 Å². The van der Waals surface area contributed by atoms with E-state index in [1.54, 1.807) is 12.5 Å². The molecule has 4 heteroatoms. The molecule has 13 heavy (non-hydrogen) atoms. The predicted molar refractivity (Wildman–Crippen MR) is 52.3 cm³/mol. The molecule has 0 saturated heterocycles. The molecule has 68 valence electrons. The molecule has 0 aliphatic heterocycles. The monoisotopic (exact) mass is 176 g/mol. The van der Waals surface area contributed by atoms with Crippen LogP contribution in [0.5, 0.6) is 0 Å². The Morgan fingerprint density at radius 3 is 2.85 bits per heavy atom. The highest BCUT2D eigenvalue weighted by molar-refractivity contribution is 5.84. The average Bonchev–Trinajstić information content (AvgIpc) is 2.48. The van der Waals surface area contributed by atoms with Gasteiger partial charge in [0.15, 0.2) is 5.82 Å². The Morgan fingerprint density at radius 1 is 1.38 bits per heavy atom. The van der Waals surface area contributed by atoms with Crippen LogP contribution < -0.4 is 5.73 Å². The molecule has 0 aliphatic rings. The highest BCUT2D eigenvalue weighted by Gasteiger charge is 2.07. The zero-order valence-corrected chi connectivity index (χ0v) is 7.73. The maximum atomic E-state index is 5.68. The molecule has 0 aliphatic carbocycles. The van der Waals surface area contributed by atoms with Crippen molar-refractivity contribution in [1.82, 2.24) is 14.5 Å². The predicted octanol–water partition coefficient (Wildman–Crippen LogP) is 1.59. The molecule has 0 radical (unpaired) electrons. The summed E-state index contributed by atoms with van der Waals surface area (Å²) in [5.41, 5.74) is 7.51. The van der Waals surface area contributed by atoms with Crippen molar-refractivity contribution in [3.05, 3.63) is 18.6 Å². The molecule has 0 bridgehead atoms. The number of nitrogens with zero attached hydrogens (tertiary/aromatic N) is 3. The molecular formula is C9H12N4. The minimum absolute atomic E-state index is 0.395. The fraction of sp³-hybridized carbons (Fsp3) is 0.333. The third-order valence-electron chi connectivity index (χ3n) is 2.08. The largest absolute Gasteiger partial charge is 0.382 e. The lowest BCUT2D eigenvalue weighted by molar-refractivity contribution is 0.617. The fourth-order valence-corrected chi connectivity index (χ4v) is 1.39. The Morgan fingerprint density at radius 2 is 2.15 bits per heavy atom. The van der Waals surface area contributed by atoms with Gasteiger partial charge in [-0.2, -0.15) is 0 Å². The zero-order valence-electron chi connectivity index (χ0n) is 7.73. The van der Waals surface area contributed by atoms with Crippen LogP contribution in [0.4, 0.5) is 5.82 Å². The molecule has 2 N–H and O–H groups in total. The SMILES string of the molecule is CC(C)n1cnc2c(N)nccc21. The summed E-state index contributed by atoms with van der Waals surface area (Å²) in [5.74, 6) is 0.497. The van der Waals surface area contributed by atoms with Gasteiger partial charge in [0.25, 0.3) is 0 Å². The smallest absolute Gasteiger partial charge is 0.151 e. The summed E-state index contributed by atoms with van der Waals surface area (Å²) in [5, 5.41) is 0. The van der Waals surface area contributed by atoms with Gasteiger partial charge in [0.2, 0.25) is 0 Å². The van der Waals surface area contributed by atoms with Crippen molar-refractivity contribution in [2.24, 2.45) is 0 Å². The quantitative estimate of drug-likeness (QED) is 0.717. The summed E-state index contributed by atoms with van der Waals surface area (Å²) in [6.07, 6.45) is 3.51. The van der Waals surface area contributed by atoms with E-state index in [2.05, 4.69) is 28.4 Å². The number of nitrogens with two attached hydrogens (primary N) is 1. The van der Waals surface area contributed by atoms with E-state index in [0.29, 0.717) is 11.9 Å². The van der Waals surface area contributed by atoms with Gasteiger partial charge in [-0.05, 0) is 19.9 Å². The molecule has 2 heterocycles. The molecule has 2 aromatic heterocycles. The first-order valence-electron chi connectivity index (χ1n) is 4.27. The van der Waals surface area contributed by atoms with Gasteiger partial charge in [0.1, 0.15) is 5.52 Å². The molecule has 0 fully saturated rings. The van der Waals surface area contributed by atoms with Gasteiger partial charge in [0, 0.05) is 12.2 Å². The summed E-state index contributed by atoms with van der Waals surface area (Å²) in [4.78, 5) is 8.20. The molecule has 0 atom stereocenters. The first-order chi connectivity index (χ1) is 6.20. The maximum absolute atomic E-state index is 5.68. The van der Waals surface area contributed by atoms with E-state index >= 15 is 0 Å². The fourth-order valence-electron chi connectivity index (χ4n) is 1.39. The lowest BCUT2D eigenvalue weighted by Crippen LogP contribution is -1.98. The van der Waals surface area contributed by atoms with E-state index in [4.69, 9.17) is 5.73 Å². The number of nitrogen functional groups attached to an aromatic ring is 1. The van der Waals surface area contributed by atoms with E-state index in [1.165, 1.54) is 0 Å². The van der Waals surface area contributed by atoms with Crippen molar-refractivity contribution in [1.29, 1.82) is 0 Å². The first kappa shape index (κ1) is 8.04. The molecule has 0 aromatic carbocycles. The Kier molecular flexibility index (Phi) is 1.69. The van der Waals surface area contributed by atoms with Crippen molar-refractivity contribution < 1.29 is 0 Å². The number of hydrogen-bond donors (Lipinski definition) is 1. The van der Waals surface area contributed by atoms with Crippen LogP contribution >= 0.6 is 0 Å². The van der Waals surface area contributed by atoms with E-state index in [0.717, 1.165) is 11.0 Å². The second-order valence-electron chi connectivity index (χ2n) is 3.31. The zero-order chi connectivity index (χ0) is 9.42. The first-order valence-corrected chi connectivity index (χ1v) is 4.27. The van der Waals surface area contributed by atoms with Crippen molar-refractivity contribution in [2.45, 2.75) is 19.9 Å². The maximum Gasteiger partial charge on any atom is 0.151 e. The van der Waals surface area contributed by atoms with Gasteiger partial charge in [0.05, 0.1) is 11.8 Å². The van der Waals surface area contributed by atoms with Gasteiger partial charge >= 0.3 is 0 Å². The minimum Gasteiger partial charge on any atom is -0.382 e.